The molecule has 1 aromatic rings. The summed E-state index contributed by atoms with van der Waals surface area (Å²) in [7, 11) is 1.61. The molecular weight excluding hydrogens is 254 g/mol. The number of rotatable bonds is 2. The van der Waals surface area contributed by atoms with E-state index in [0.29, 0.717) is 5.76 Å². The highest BCUT2D eigenvalue weighted by Gasteiger charge is 2.29. The quantitative estimate of drug-likeness (QED) is 0.784. The Labute approximate surface area is 116 Å². The van der Waals surface area contributed by atoms with Crippen LogP contribution in [0.15, 0.2) is 48.3 Å². The van der Waals surface area contributed by atoms with E-state index >= 15 is 0 Å². The molecule has 0 spiro atoms. The average molecular weight is 267 g/mol. The molecule has 0 saturated carbocycles. The lowest BCUT2D eigenvalue weighted by atomic mass is 9.95. The molecule has 0 bridgehead atoms. The molecule has 4 heteroatoms. The van der Waals surface area contributed by atoms with Crippen molar-refractivity contribution in [2.45, 2.75) is 12.2 Å². The van der Waals surface area contributed by atoms with Crippen molar-refractivity contribution in [3.8, 4) is 6.07 Å². The van der Waals surface area contributed by atoms with Crippen LogP contribution >= 0.6 is 0 Å². The van der Waals surface area contributed by atoms with Gasteiger partial charge in [-0.2, -0.15) is 5.26 Å². The molecule has 0 amide bonds. The van der Waals surface area contributed by atoms with E-state index in [1.54, 1.807) is 7.11 Å². The lowest BCUT2D eigenvalue weighted by molar-refractivity contribution is 0.171. The van der Waals surface area contributed by atoms with E-state index in [1.807, 2.05) is 48.6 Å². The van der Waals surface area contributed by atoms with Crippen LogP contribution in [0.3, 0.4) is 0 Å². The minimum atomic E-state index is -1.27. The molecule has 1 aliphatic carbocycles. The van der Waals surface area contributed by atoms with Crippen LogP contribution in [-0.2, 0) is 9.47 Å². The van der Waals surface area contributed by atoms with Crippen molar-refractivity contribution in [1.29, 1.82) is 5.26 Å². The summed E-state index contributed by atoms with van der Waals surface area (Å²) in [5, 5.41) is 20.4. The monoisotopic (exact) mass is 267 g/mol. The van der Waals surface area contributed by atoms with Gasteiger partial charge in [-0.05, 0) is 17.4 Å². The molecule has 1 aromatic carbocycles. The summed E-state index contributed by atoms with van der Waals surface area (Å²) >= 11 is 0. The van der Waals surface area contributed by atoms with Crippen molar-refractivity contribution in [3.05, 3.63) is 58.7 Å². The molecule has 1 aliphatic heterocycles. The van der Waals surface area contributed by atoms with Crippen molar-refractivity contribution in [3.63, 3.8) is 0 Å². The second kappa shape index (κ2) is 4.87. The number of fused-ring (bicyclic) bond motifs is 2. The first-order valence-electron chi connectivity index (χ1n) is 6.27. The molecule has 3 rings (SSSR count). The van der Waals surface area contributed by atoms with Gasteiger partial charge in [0, 0.05) is 10.8 Å². The average Bonchev–Trinajstić information content (AvgIpc) is 2.52. The molecule has 0 radical (unpaired) electrons. The lowest BCUT2D eigenvalue weighted by Gasteiger charge is -2.28. The van der Waals surface area contributed by atoms with Crippen LogP contribution in [0.2, 0.25) is 0 Å². The topological polar surface area (TPSA) is 62.5 Å². The van der Waals surface area contributed by atoms with Gasteiger partial charge in [0.05, 0.1) is 7.11 Å². The number of nitrogens with zero attached hydrogens (tertiary/aromatic N) is 1. The van der Waals surface area contributed by atoms with E-state index in [9.17, 15) is 5.11 Å². The lowest BCUT2D eigenvalue weighted by Crippen LogP contribution is -2.42. The van der Waals surface area contributed by atoms with Gasteiger partial charge >= 0.3 is 0 Å². The van der Waals surface area contributed by atoms with Gasteiger partial charge in [0.25, 0.3) is 0 Å². The molecule has 1 N–H and O–H groups in total. The highest BCUT2D eigenvalue weighted by atomic mass is 16.5. The number of methoxy groups -OCH3 is 1. The maximum Gasteiger partial charge on any atom is 0.198 e. The zero-order chi connectivity index (χ0) is 14.1. The van der Waals surface area contributed by atoms with Gasteiger partial charge in [0.1, 0.15) is 23.7 Å². The van der Waals surface area contributed by atoms with Crippen molar-refractivity contribution >= 4 is 11.3 Å². The van der Waals surface area contributed by atoms with Crippen LogP contribution in [0, 0.1) is 11.3 Å². The molecule has 4 nitrogen and oxygen atoms in total. The third-order valence-electron chi connectivity index (χ3n) is 3.41. The number of ether oxygens (including phenoxy) is 2. The number of aliphatic hydroxyl groups excluding tert-OH is 1. The first-order chi connectivity index (χ1) is 9.76. The molecule has 0 fully saturated rings. The third kappa shape index (κ3) is 1.80. The Morgan fingerprint density at radius 2 is 2.10 bits per heavy atom. The molecule has 0 saturated heterocycles. The molecule has 20 heavy (non-hydrogen) atoms. The van der Waals surface area contributed by atoms with E-state index in [0.717, 1.165) is 21.8 Å². The molecule has 0 aromatic heterocycles. The highest BCUT2D eigenvalue weighted by molar-refractivity contribution is 5.73. The Morgan fingerprint density at radius 1 is 1.35 bits per heavy atom. The number of aliphatic hydroxyl groups is 1. The Bertz CT molecular complexity index is 768. The van der Waals surface area contributed by atoms with Crippen LogP contribution < -0.4 is 10.4 Å². The predicted molar refractivity (Wildman–Crippen MR) is 73.2 cm³/mol. The third-order valence-corrected chi connectivity index (χ3v) is 3.41. The van der Waals surface area contributed by atoms with Gasteiger partial charge in [-0.1, -0.05) is 30.3 Å². The number of allylic oxidation sites excluding steroid dienone is 2. The second-order valence-electron chi connectivity index (χ2n) is 4.51. The number of hydrogen-bond acceptors (Lipinski definition) is 4. The fourth-order valence-corrected chi connectivity index (χ4v) is 2.54. The van der Waals surface area contributed by atoms with Crippen molar-refractivity contribution in [2.24, 2.45) is 0 Å². The van der Waals surface area contributed by atoms with E-state index < -0.39 is 6.10 Å². The molecule has 2 atom stereocenters. The second-order valence-corrected chi connectivity index (χ2v) is 4.51. The van der Waals surface area contributed by atoms with Gasteiger partial charge in [0.2, 0.25) is 0 Å². The van der Waals surface area contributed by atoms with Gasteiger partial charge in [-0.3, -0.25) is 0 Å². The minimum Gasteiger partial charge on any atom is -0.496 e. The smallest absolute Gasteiger partial charge is 0.198 e. The zero-order valence-electron chi connectivity index (χ0n) is 10.9. The van der Waals surface area contributed by atoms with Crippen LogP contribution in [0.1, 0.15) is 0 Å². The molecule has 2 aliphatic rings. The minimum absolute atomic E-state index is 0.291. The number of benzene rings is 1. The molecule has 1 heterocycles. The normalized spacial score (nSPS) is 21.1. The Morgan fingerprint density at radius 3 is 2.80 bits per heavy atom. The Hall–Kier alpha value is -2.51. The van der Waals surface area contributed by atoms with Crippen LogP contribution in [0.25, 0.3) is 11.3 Å². The summed E-state index contributed by atoms with van der Waals surface area (Å²) in [6.45, 7) is 0. The fourth-order valence-electron chi connectivity index (χ4n) is 2.54. The standard InChI is InChI=1S/C16H13NO3/c1-19-13-7-4-8-14-15(13)10-5-2-3-6-11(10)16(20-14)12(18)9-17/h2-8,12,14,18H,1H3. The van der Waals surface area contributed by atoms with E-state index in [2.05, 4.69) is 0 Å². The summed E-state index contributed by atoms with van der Waals surface area (Å²) in [6, 6.07) is 9.35. The van der Waals surface area contributed by atoms with Crippen LogP contribution in [-0.4, -0.2) is 24.4 Å². The maximum atomic E-state index is 9.84. The van der Waals surface area contributed by atoms with Gasteiger partial charge in [-0.25, -0.2) is 0 Å². The van der Waals surface area contributed by atoms with Gasteiger partial charge < -0.3 is 14.6 Å². The van der Waals surface area contributed by atoms with Crippen molar-refractivity contribution < 1.29 is 14.6 Å². The van der Waals surface area contributed by atoms with E-state index in [4.69, 9.17) is 14.7 Å². The number of nitriles is 1. The van der Waals surface area contributed by atoms with E-state index in [1.165, 1.54) is 0 Å². The molecule has 100 valence electrons. The predicted octanol–water partition coefficient (Wildman–Crippen LogP) is 0.329. The van der Waals surface area contributed by atoms with Crippen LogP contribution in [0.5, 0.6) is 0 Å². The molecular formula is C16H13NO3. The summed E-state index contributed by atoms with van der Waals surface area (Å²) < 4.78 is 11.2. The number of hydrogen-bond donors (Lipinski definition) is 1. The zero-order valence-corrected chi connectivity index (χ0v) is 10.9. The Kier molecular flexibility index (Phi) is 3.05. The van der Waals surface area contributed by atoms with Gasteiger partial charge in [0.15, 0.2) is 6.10 Å². The molecule has 2 unspecified atom stereocenters. The SMILES string of the molecule is COC1=CC=CC2OC(C(O)C#N)=c3ccccc3=C12. The van der Waals surface area contributed by atoms with Crippen LogP contribution in [0.4, 0.5) is 0 Å². The van der Waals surface area contributed by atoms with Crippen molar-refractivity contribution in [1.82, 2.24) is 0 Å². The van der Waals surface area contributed by atoms with Gasteiger partial charge in [-0.15, -0.1) is 0 Å². The Balaban J connectivity index is 2.39. The summed E-state index contributed by atoms with van der Waals surface area (Å²) in [6.07, 6.45) is 3.97. The van der Waals surface area contributed by atoms with Crippen molar-refractivity contribution in [2.75, 3.05) is 7.11 Å². The maximum absolute atomic E-state index is 9.84. The summed E-state index contributed by atoms with van der Waals surface area (Å²) in [5.41, 5.74) is 0.916. The largest absolute Gasteiger partial charge is 0.496 e. The van der Waals surface area contributed by atoms with E-state index in [-0.39, 0.29) is 6.10 Å². The first kappa shape index (κ1) is 12.5. The summed E-state index contributed by atoms with van der Waals surface area (Å²) in [5.74, 6) is 1.02. The first-order valence-corrected chi connectivity index (χ1v) is 6.27. The summed E-state index contributed by atoms with van der Waals surface area (Å²) in [4.78, 5) is 0. The highest BCUT2D eigenvalue weighted by Crippen LogP contribution is 2.27. The fraction of sp³-hybridized carbons (Fsp3) is 0.188.